The van der Waals surface area contributed by atoms with E-state index in [-0.39, 0.29) is 18.9 Å². The van der Waals surface area contributed by atoms with Crippen molar-refractivity contribution in [2.45, 2.75) is 25.8 Å². The third-order valence-electron chi connectivity index (χ3n) is 2.44. The van der Waals surface area contributed by atoms with Gasteiger partial charge in [0.05, 0.1) is 13.0 Å². The van der Waals surface area contributed by atoms with Crippen molar-refractivity contribution in [1.82, 2.24) is 5.32 Å². The highest BCUT2D eigenvalue weighted by atomic mass is 79.9. The molecule has 2 N–H and O–H groups in total. The molecule has 1 aromatic rings. The largest absolute Gasteiger partial charge is 0.493 e. The first-order chi connectivity index (χ1) is 9.02. The van der Waals surface area contributed by atoms with E-state index in [1.54, 1.807) is 19.1 Å². The smallest absolute Gasteiger partial charge is 0.326 e. The molecule has 104 valence electrons. The van der Waals surface area contributed by atoms with E-state index in [0.29, 0.717) is 12.2 Å². The molecule has 1 rings (SSSR count). The minimum atomic E-state index is -1.02. The fourth-order valence-electron chi connectivity index (χ4n) is 1.42. The first-order valence-corrected chi connectivity index (χ1v) is 6.72. The lowest BCUT2D eigenvalue weighted by Crippen LogP contribution is -2.40. The zero-order valence-corrected chi connectivity index (χ0v) is 12.1. The minimum Gasteiger partial charge on any atom is -0.493 e. The summed E-state index contributed by atoms with van der Waals surface area (Å²) >= 11 is 3.32. The lowest BCUT2D eigenvalue weighted by molar-refractivity contribution is -0.142. The Hall–Kier alpha value is -1.56. The Bertz CT molecular complexity index is 450. The van der Waals surface area contributed by atoms with Crippen LogP contribution >= 0.6 is 15.9 Å². The number of aliphatic carboxylic acids is 1. The summed E-state index contributed by atoms with van der Waals surface area (Å²) in [7, 11) is 0. The average molecular weight is 330 g/mol. The van der Waals surface area contributed by atoms with Gasteiger partial charge in [-0.2, -0.15) is 0 Å². The van der Waals surface area contributed by atoms with Crippen LogP contribution in [0.2, 0.25) is 0 Å². The topological polar surface area (TPSA) is 75.6 Å². The van der Waals surface area contributed by atoms with Crippen LogP contribution in [0.15, 0.2) is 28.7 Å². The van der Waals surface area contributed by atoms with E-state index in [1.807, 2.05) is 12.1 Å². The Morgan fingerprint density at radius 3 is 2.79 bits per heavy atom. The molecule has 0 saturated heterocycles. The molecule has 0 aliphatic heterocycles. The highest BCUT2D eigenvalue weighted by molar-refractivity contribution is 9.10. The molecule has 0 aliphatic carbocycles. The predicted molar refractivity (Wildman–Crippen MR) is 74.1 cm³/mol. The minimum absolute atomic E-state index is 0.121. The number of carboxylic acids is 1. The highest BCUT2D eigenvalue weighted by Gasteiger charge is 2.17. The second kappa shape index (κ2) is 7.78. The Kier molecular flexibility index (Phi) is 6.35. The molecule has 0 spiro atoms. The van der Waals surface area contributed by atoms with Crippen molar-refractivity contribution in [1.29, 1.82) is 0 Å². The standard InChI is InChI=1S/C13H16BrNO4/c1-2-11(13(17)18)15-12(16)6-7-19-10-5-3-4-9(14)8-10/h3-5,8,11H,2,6-7H2,1H3,(H,15,16)(H,17,18)/t11-/m1/s1. The normalized spacial score (nSPS) is 11.7. The van der Waals surface area contributed by atoms with E-state index in [2.05, 4.69) is 21.2 Å². The number of nitrogens with one attached hydrogen (secondary N) is 1. The van der Waals surface area contributed by atoms with Crippen molar-refractivity contribution in [3.05, 3.63) is 28.7 Å². The molecule has 0 aromatic heterocycles. The van der Waals surface area contributed by atoms with Crippen LogP contribution in [-0.4, -0.2) is 29.6 Å². The van der Waals surface area contributed by atoms with Gasteiger partial charge >= 0.3 is 5.97 Å². The van der Waals surface area contributed by atoms with E-state index < -0.39 is 12.0 Å². The Balaban J connectivity index is 2.33. The summed E-state index contributed by atoms with van der Waals surface area (Å²) in [6, 6.07) is 6.45. The van der Waals surface area contributed by atoms with Gasteiger partial charge < -0.3 is 15.2 Å². The van der Waals surface area contributed by atoms with E-state index in [1.165, 1.54) is 0 Å². The number of halogens is 1. The molecule has 0 bridgehead atoms. The molecule has 1 atom stereocenters. The fourth-order valence-corrected chi connectivity index (χ4v) is 1.80. The summed E-state index contributed by atoms with van der Waals surface area (Å²) in [6.45, 7) is 1.91. The number of carbonyl (C=O) groups excluding carboxylic acids is 1. The van der Waals surface area contributed by atoms with Crippen LogP contribution in [0, 0.1) is 0 Å². The summed E-state index contributed by atoms with van der Waals surface area (Å²) in [5.41, 5.74) is 0. The fraction of sp³-hybridized carbons (Fsp3) is 0.385. The summed E-state index contributed by atoms with van der Waals surface area (Å²) in [5, 5.41) is 11.2. The number of carboxylic acid groups (broad SMARTS) is 1. The first-order valence-electron chi connectivity index (χ1n) is 5.93. The van der Waals surface area contributed by atoms with Gasteiger partial charge in [0.25, 0.3) is 0 Å². The van der Waals surface area contributed by atoms with Gasteiger partial charge in [-0.1, -0.05) is 28.9 Å². The number of hydrogen-bond acceptors (Lipinski definition) is 3. The summed E-state index contributed by atoms with van der Waals surface area (Å²) in [4.78, 5) is 22.3. The number of hydrogen-bond donors (Lipinski definition) is 2. The van der Waals surface area contributed by atoms with Crippen LogP contribution < -0.4 is 10.1 Å². The van der Waals surface area contributed by atoms with Crippen molar-refractivity contribution in [2.75, 3.05) is 6.61 Å². The Morgan fingerprint density at radius 1 is 1.47 bits per heavy atom. The molecule has 1 aromatic carbocycles. The van der Waals surface area contributed by atoms with Crippen molar-refractivity contribution < 1.29 is 19.4 Å². The second-order valence-electron chi connectivity index (χ2n) is 3.92. The third-order valence-corrected chi connectivity index (χ3v) is 2.93. The van der Waals surface area contributed by atoms with Crippen LogP contribution in [0.25, 0.3) is 0 Å². The van der Waals surface area contributed by atoms with Crippen LogP contribution in [-0.2, 0) is 9.59 Å². The zero-order valence-electron chi connectivity index (χ0n) is 10.6. The average Bonchev–Trinajstić information content (AvgIpc) is 2.35. The molecule has 19 heavy (non-hydrogen) atoms. The molecule has 1 amide bonds. The summed E-state index contributed by atoms with van der Waals surface area (Å²) in [5.74, 6) is -0.694. The Morgan fingerprint density at radius 2 is 2.21 bits per heavy atom. The molecule has 0 radical (unpaired) electrons. The molecular formula is C13H16BrNO4. The van der Waals surface area contributed by atoms with Gasteiger partial charge in [-0.3, -0.25) is 4.79 Å². The van der Waals surface area contributed by atoms with Crippen LogP contribution in [0.1, 0.15) is 19.8 Å². The molecule has 0 unspecified atom stereocenters. The van der Waals surface area contributed by atoms with Gasteiger partial charge in [-0.05, 0) is 24.6 Å². The van der Waals surface area contributed by atoms with Crippen molar-refractivity contribution in [2.24, 2.45) is 0 Å². The zero-order chi connectivity index (χ0) is 14.3. The van der Waals surface area contributed by atoms with Gasteiger partial charge in [0.2, 0.25) is 5.91 Å². The van der Waals surface area contributed by atoms with E-state index in [9.17, 15) is 9.59 Å². The number of benzene rings is 1. The third kappa shape index (κ3) is 5.74. The molecule has 6 heteroatoms. The Labute approximate surface area is 120 Å². The highest BCUT2D eigenvalue weighted by Crippen LogP contribution is 2.17. The molecule has 0 fully saturated rings. The number of carbonyl (C=O) groups is 2. The van der Waals surface area contributed by atoms with Gasteiger partial charge in [-0.25, -0.2) is 4.79 Å². The quantitative estimate of drug-likeness (QED) is 0.804. The van der Waals surface area contributed by atoms with Crippen molar-refractivity contribution >= 4 is 27.8 Å². The molecule has 0 saturated carbocycles. The van der Waals surface area contributed by atoms with E-state index in [4.69, 9.17) is 9.84 Å². The predicted octanol–water partition coefficient (Wildman–Crippen LogP) is 2.20. The van der Waals surface area contributed by atoms with Gasteiger partial charge in [0, 0.05) is 4.47 Å². The number of ether oxygens (including phenoxy) is 1. The first kappa shape index (κ1) is 15.5. The monoisotopic (exact) mass is 329 g/mol. The van der Waals surface area contributed by atoms with Crippen molar-refractivity contribution in [3.63, 3.8) is 0 Å². The van der Waals surface area contributed by atoms with Gasteiger partial charge in [0.15, 0.2) is 0 Å². The van der Waals surface area contributed by atoms with E-state index >= 15 is 0 Å². The number of amides is 1. The van der Waals surface area contributed by atoms with Crippen LogP contribution in [0.3, 0.4) is 0 Å². The molecular weight excluding hydrogens is 314 g/mol. The maximum absolute atomic E-state index is 11.5. The lowest BCUT2D eigenvalue weighted by atomic mass is 10.2. The van der Waals surface area contributed by atoms with Crippen molar-refractivity contribution in [3.8, 4) is 5.75 Å². The summed E-state index contributed by atoms with van der Waals surface area (Å²) < 4.78 is 6.29. The van der Waals surface area contributed by atoms with Crippen LogP contribution in [0.4, 0.5) is 0 Å². The maximum atomic E-state index is 11.5. The summed E-state index contributed by atoms with van der Waals surface area (Å²) in [6.07, 6.45) is 0.476. The SMILES string of the molecule is CC[C@@H](NC(=O)CCOc1cccc(Br)c1)C(=O)O. The molecule has 0 aliphatic rings. The van der Waals surface area contributed by atoms with Crippen LogP contribution in [0.5, 0.6) is 5.75 Å². The number of rotatable bonds is 7. The maximum Gasteiger partial charge on any atom is 0.326 e. The van der Waals surface area contributed by atoms with Gasteiger partial charge in [0.1, 0.15) is 11.8 Å². The van der Waals surface area contributed by atoms with E-state index in [0.717, 1.165) is 4.47 Å². The molecule has 0 heterocycles. The second-order valence-corrected chi connectivity index (χ2v) is 4.84. The van der Waals surface area contributed by atoms with Gasteiger partial charge in [-0.15, -0.1) is 0 Å². The molecule has 5 nitrogen and oxygen atoms in total. The lowest BCUT2D eigenvalue weighted by Gasteiger charge is -2.12.